The second-order valence-electron chi connectivity index (χ2n) is 3.63. The average molecular weight is 209 g/mol. The van der Waals surface area contributed by atoms with E-state index in [0.29, 0.717) is 0 Å². The van der Waals surface area contributed by atoms with Gasteiger partial charge in [-0.05, 0) is 18.1 Å². The Kier molecular flexibility index (Phi) is 4.24. The van der Waals surface area contributed by atoms with Crippen molar-refractivity contribution in [2.24, 2.45) is 5.92 Å². The van der Waals surface area contributed by atoms with Crippen molar-refractivity contribution >= 4 is 5.97 Å². The molecule has 0 bridgehead atoms. The van der Waals surface area contributed by atoms with E-state index in [0.717, 1.165) is 5.69 Å². The van der Waals surface area contributed by atoms with E-state index >= 15 is 0 Å². The number of pyridine rings is 1. The third-order valence-electron chi connectivity index (χ3n) is 1.99. The van der Waals surface area contributed by atoms with Gasteiger partial charge in [-0.1, -0.05) is 19.9 Å². The number of hydrogen-bond donors (Lipinski definition) is 1. The molecule has 1 aromatic rings. The van der Waals surface area contributed by atoms with Crippen molar-refractivity contribution in [2.75, 3.05) is 0 Å². The SMILES string of the molecule is CC(C)C(OCc1ccccn1)C(=O)O. The van der Waals surface area contributed by atoms with Gasteiger partial charge in [0.15, 0.2) is 6.10 Å². The van der Waals surface area contributed by atoms with Crippen LogP contribution in [0, 0.1) is 5.92 Å². The molecule has 1 atom stereocenters. The Bertz CT molecular complexity index is 311. The van der Waals surface area contributed by atoms with Crippen molar-refractivity contribution in [2.45, 2.75) is 26.6 Å². The molecular weight excluding hydrogens is 194 g/mol. The molecule has 0 aliphatic heterocycles. The topological polar surface area (TPSA) is 59.4 Å². The van der Waals surface area contributed by atoms with Gasteiger partial charge in [-0.2, -0.15) is 0 Å². The van der Waals surface area contributed by atoms with Gasteiger partial charge in [0.05, 0.1) is 12.3 Å². The highest BCUT2D eigenvalue weighted by atomic mass is 16.5. The summed E-state index contributed by atoms with van der Waals surface area (Å²) in [5, 5.41) is 8.88. The first-order valence-electron chi connectivity index (χ1n) is 4.85. The number of carboxylic acids is 1. The zero-order valence-corrected chi connectivity index (χ0v) is 8.88. The van der Waals surface area contributed by atoms with Gasteiger partial charge in [0.25, 0.3) is 0 Å². The summed E-state index contributed by atoms with van der Waals surface area (Å²) in [5.41, 5.74) is 0.740. The van der Waals surface area contributed by atoms with E-state index in [4.69, 9.17) is 9.84 Å². The molecule has 0 amide bonds. The third-order valence-corrected chi connectivity index (χ3v) is 1.99. The molecule has 0 fully saturated rings. The molecule has 0 aliphatic carbocycles. The van der Waals surface area contributed by atoms with Crippen LogP contribution in [-0.2, 0) is 16.1 Å². The minimum absolute atomic E-state index is 0.0498. The highest BCUT2D eigenvalue weighted by Gasteiger charge is 2.21. The first-order chi connectivity index (χ1) is 7.11. The molecule has 0 aliphatic rings. The standard InChI is InChI=1S/C11H15NO3/c1-8(2)10(11(13)14)15-7-9-5-3-4-6-12-9/h3-6,8,10H,7H2,1-2H3,(H,13,14). The summed E-state index contributed by atoms with van der Waals surface area (Å²) in [7, 11) is 0. The van der Waals surface area contributed by atoms with Crippen LogP contribution in [0.2, 0.25) is 0 Å². The molecule has 1 N–H and O–H groups in total. The quantitative estimate of drug-likeness (QED) is 0.802. The molecule has 0 aromatic carbocycles. The van der Waals surface area contributed by atoms with Crippen molar-refractivity contribution in [3.63, 3.8) is 0 Å². The van der Waals surface area contributed by atoms with E-state index < -0.39 is 12.1 Å². The van der Waals surface area contributed by atoms with E-state index in [1.165, 1.54) is 0 Å². The fourth-order valence-corrected chi connectivity index (χ4v) is 1.21. The number of hydrogen-bond acceptors (Lipinski definition) is 3. The summed E-state index contributed by atoms with van der Waals surface area (Å²) in [6.07, 6.45) is 0.885. The second-order valence-corrected chi connectivity index (χ2v) is 3.63. The number of carboxylic acid groups (broad SMARTS) is 1. The third kappa shape index (κ3) is 3.67. The molecule has 1 heterocycles. The fourth-order valence-electron chi connectivity index (χ4n) is 1.21. The maximum atomic E-state index is 10.8. The second kappa shape index (κ2) is 5.46. The first-order valence-corrected chi connectivity index (χ1v) is 4.85. The monoisotopic (exact) mass is 209 g/mol. The molecule has 0 radical (unpaired) electrons. The maximum absolute atomic E-state index is 10.8. The number of aliphatic carboxylic acids is 1. The van der Waals surface area contributed by atoms with Gasteiger partial charge in [0.1, 0.15) is 0 Å². The van der Waals surface area contributed by atoms with Gasteiger partial charge in [-0.25, -0.2) is 4.79 Å². The Labute approximate surface area is 88.9 Å². The number of ether oxygens (including phenoxy) is 1. The Morgan fingerprint density at radius 2 is 2.27 bits per heavy atom. The summed E-state index contributed by atoms with van der Waals surface area (Å²) in [6, 6.07) is 5.46. The van der Waals surface area contributed by atoms with E-state index in [9.17, 15) is 4.79 Å². The van der Waals surface area contributed by atoms with Gasteiger partial charge in [0, 0.05) is 6.20 Å². The van der Waals surface area contributed by atoms with Crippen LogP contribution in [0.4, 0.5) is 0 Å². The summed E-state index contributed by atoms with van der Waals surface area (Å²) >= 11 is 0. The lowest BCUT2D eigenvalue weighted by atomic mass is 10.1. The number of nitrogens with zero attached hydrogens (tertiary/aromatic N) is 1. The molecule has 4 heteroatoms. The number of carbonyl (C=O) groups is 1. The minimum atomic E-state index is -0.930. The normalized spacial score (nSPS) is 12.7. The van der Waals surface area contributed by atoms with Crippen LogP contribution in [0.3, 0.4) is 0 Å². The maximum Gasteiger partial charge on any atom is 0.333 e. The number of aromatic nitrogens is 1. The smallest absolute Gasteiger partial charge is 0.333 e. The van der Waals surface area contributed by atoms with Crippen LogP contribution in [0.25, 0.3) is 0 Å². The Hall–Kier alpha value is -1.42. The largest absolute Gasteiger partial charge is 0.479 e. The molecule has 1 rings (SSSR count). The molecule has 82 valence electrons. The Balaban J connectivity index is 2.51. The average Bonchev–Trinajstić information content (AvgIpc) is 2.18. The van der Waals surface area contributed by atoms with Crippen LogP contribution in [0.5, 0.6) is 0 Å². The molecule has 1 aromatic heterocycles. The van der Waals surface area contributed by atoms with Crippen molar-refractivity contribution < 1.29 is 14.6 Å². The van der Waals surface area contributed by atoms with Gasteiger partial charge in [0.2, 0.25) is 0 Å². The molecular formula is C11H15NO3. The van der Waals surface area contributed by atoms with E-state index in [1.807, 2.05) is 19.9 Å². The predicted molar refractivity (Wildman–Crippen MR) is 55.3 cm³/mol. The zero-order valence-electron chi connectivity index (χ0n) is 8.88. The van der Waals surface area contributed by atoms with Crippen LogP contribution < -0.4 is 0 Å². The van der Waals surface area contributed by atoms with E-state index in [-0.39, 0.29) is 12.5 Å². The van der Waals surface area contributed by atoms with Crippen molar-refractivity contribution in [1.29, 1.82) is 0 Å². The zero-order chi connectivity index (χ0) is 11.3. The predicted octanol–water partition coefficient (Wildman–Crippen LogP) is 1.71. The van der Waals surface area contributed by atoms with Crippen molar-refractivity contribution in [3.05, 3.63) is 30.1 Å². The summed E-state index contributed by atoms with van der Waals surface area (Å²) < 4.78 is 5.29. The van der Waals surface area contributed by atoms with Gasteiger partial charge < -0.3 is 9.84 Å². The lowest BCUT2D eigenvalue weighted by molar-refractivity contribution is -0.154. The summed E-state index contributed by atoms with van der Waals surface area (Å²) in [5.74, 6) is -0.979. The van der Waals surface area contributed by atoms with Crippen molar-refractivity contribution in [1.82, 2.24) is 4.98 Å². The van der Waals surface area contributed by atoms with Crippen LogP contribution in [0.1, 0.15) is 19.5 Å². The molecule has 1 unspecified atom stereocenters. The van der Waals surface area contributed by atoms with Crippen molar-refractivity contribution in [3.8, 4) is 0 Å². The Morgan fingerprint density at radius 1 is 1.53 bits per heavy atom. The van der Waals surface area contributed by atoms with Gasteiger partial charge in [-0.15, -0.1) is 0 Å². The molecule has 0 saturated carbocycles. The van der Waals surface area contributed by atoms with Crippen LogP contribution >= 0.6 is 0 Å². The molecule has 4 nitrogen and oxygen atoms in total. The lowest BCUT2D eigenvalue weighted by Crippen LogP contribution is -2.29. The van der Waals surface area contributed by atoms with Crippen LogP contribution in [0.15, 0.2) is 24.4 Å². The molecule has 0 spiro atoms. The lowest BCUT2D eigenvalue weighted by Gasteiger charge is -2.16. The first kappa shape index (κ1) is 11.7. The summed E-state index contributed by atoms with van der Waals surface area (Å²) in [6.45, 7) is 3.87. The van der Waals surface area contributed by atoms with E-state index in [1.54, 1.807) is 18.3 Å². The summed E-state index contributed by atoms with van der Waals surface area (Å²) in [4.78, 5) is 14.9. The highest BCUT2D eigenvalue weighted by molar-refractivity contribution is 5.72. The van der Waals surface area contributed by atoms with Gasteiger partial charge >= 0.3 is 5.97 Å². The molecule has 0 saturated heterocycles. The van der Waals surface area contributed by atoms with E-state index in [2.05, 4.69) is 4.98 Å². The minimum Gasteiger partial charge on any atom is -0.479 e. The number of rotatable bonds is 5. The van der Waals surface area contributed by atoms with Gasteiger partial charge in [-0.3, -0.25) is 4.98 Å². The Morgan fingerprint density at radius 3 is 2.73 bits per heavy atom. The highest BCUT2D eigenvalue weighted by Crippen LogP contribution is 2.09. The van der Waals surface area contributed by atoms with Crippen LogP contribution in [-0.4, -0.2) is 22.2 Å². The fraction of sp³-hybridized carbons (Fsp3) is 0.455. The molecule has 15 heavy (non-hydrogen) atoms.